The molecular weight excluding hydrogens is 478 g/mol. The van der Waals surface area contributed by atoms with E-state index < -0.39 is 0 Å². The van der Waals surface area contributed by atoms with Crippen LogP contribution in [0.4, 0.5) is 17.3 Å². The first-order chi connectivity index (χ1) is 17.5. The van der Waals surface area contributed by atoms with Crippen LogP contribution in [-0.2, 0) is 4.79 Å². The number of amides is 1. The number of hydrogen-bond donors (Lipinski definition) is 2. The van der Waals surface area contributed by atoms with Gasteiger partial charge in [-0.2, -0.15) is 0 Å². The summed E-state index contributed by atoms with van der Waals surface area (Å²) in [5.74, 6) is 0.657. The molecule has 1 aliphatic rings. The summed E-state index contributed by atoms with van der Waals surface area (Å²) in [6, 6.07) is 7.29. The molecule has 0 saturated carbocycles. The molecule has 0 aliphatic carbocycles. The van der Waals surface area contributed by atoms with Crippen molar-refractivity contribution >= 4 is 45.7 Å². The van der Waals surface area contributed by atoms with Crippen LogP contribution in [-0.4, -0.2) is 57.0 Å². The smallest absolute Gasteiger partial charge is 0.247 e. The van der Waals surface area contributed by atoms with Gasteiger partial charge in [0.2, 0.25) is 11.9 Å². The third kappa shape index (κ3) is 5.27. The average molecular weight is 502 g/mol. The van der Waals surface area contributed by atoms with Crippen LogP contribution < -0.4 is 15.4 Å². The van der Waals surface area contributed by atoms with E-state index in [1.54, 1.807) is 37.1 Å². The molecule has 5 rings (SSSR count). The topological polar surface area (TPSA) is 105 Å². The van der Waals surface area contributed by atoms with Crippen LogP contribution in [0.5, 0.6) is 5.75 Å². The van der Waals surface area contributed by atoms with Crippen LogP contribution in [0.25, 0.3) is 22.0 Å². The minimum Gasteiger partial charge on any atom is -0.487 e. The van der Waals surface area contributed by atoms with E-state index in [9.17, 15) is 4.79 Å². The summed E-state index contributed by atoms with van der Waals surface area (Å²) in [6.45, 7) is 5.35. The summed E-state index contributed by atoms with van der Waals surface area (Å²) in [5.41, 5.74) is 3.52. The van der Waals surface area contributed by atoms with Gasteiger partial charge in [0.1, 0.15) is 11.9 Å². The van der Waals surface area contributed by atoms with Crippen molar-refractivity contribution in [1.29, 1.82) is 0 Å². The van der Waals surface area contributed by atoms with Gasteiger partial charge in [0.15, 0.2) is 0 Å². The first-order valence-corrected chi connectivity index (χ1v) is 11.8. The number of fused-ring (bicyclic) bond motifs is 1. The zero-order chi connectivity index (χ0) is 25.1. The first kappa shape index (κ1) is 23.7. The van der Waals surface area contributed by atoms with Crippen molar-refractivity contribution in [2.24, 2.45) is 0 Å². The molecule has 1 amide bonds. The molecule has 0 radical (unpaired) electrons. The molecule has 2 N–H and O–H groups in total. The Morgan fingerprint density at radius 3 is 2.83 bits per heavy atom. The molecule has 1 fully saturated rings. The second-order valence-electron chi connectivity index (χ2n) is 8.53. The number of nitrogens with zero attached hydrogens (tertiary/aromatic N) is 5. The fraction of sp³-hybridized carbons (Fsp3) is 0.192. The predicted molar refractivity (Wildman–Crippen MR) is 141 cm³/mol. The Bertz CT molecular complexity index is 1450. The summed E-state index contributed by atoms with van der Waals surface area (Å²) >= 11 is 6.14. The third-order valence-corrected chi connectivity index (χ3v) is 6.03. The van der Waals surface area contributed by atoms with Crippen molar-refractivity contribution in [1.82, 2.24) is 24.8 Å². The Labute approximate surface area is 213 Å². The zero-order valence-electron chi connectivity index (χ0n) is 19.6. The minimum atomic E-state index is -0.324. The Morgan fingerprint density at radius 1 is 1.19 bits per heavy atom. The maximum absolute atomic E-state index is 12.1. The number of halogens is 1. The fourth-order valence-corrected chi connectivity index (χ4v) is 4.25. The number of likely N-dealkylation sites (N-methyl/N-ethyl adjacent to an activating group) is 1. The van der Waals surface area contributed by atoms with E-state index in [4.69, 9.17) is 21.3 Å². The van der Waals surface area contributed by atoms with Gasteiger partial charge in [0, 0.05) is 66.3 Å². The maximum Gasteiger partial charge on any atom is 0.247 e. The molecule has 9 nitrogen and oxygen atoms in total. The lowest BCUT2D eigenvalue weighted by Crippen LogP contribution is -2.22. The van der Waals surface area contributed by atoms with E-state index in [0.717, 1.165) is 36.0 Å². The SMILES string of the molecule is C=CC(=O)Nc1cc(Nc2ncc3cncc(-c4cncc(Cl)c4)c3n2)ccc1OC1CCN(C)C1. The van der Waals surface area contributed by atoms with E-state index >= 15 is 0 Å². The van der Waals surface area contributed by atoms with Gasteiger partial charge in [-0.15, -0.1) is 0 Å². The Balaban J connectivity index is 1.45. The van der Waals surface area contributed by atoms with Gasteiger partial charge < -0.3 is 20.3 Å². The third-order valence-electron chi connectivity index (χ3n) is 5.83. The van der Waals surface area contributed by atoms with E-state index in [-0.39, 0.29) is 12.0 Å². The maximum atomic E-state index is 12.1. The quantitative estimate of drug-likeness (QED) is 0.351. The van der Waals surface area contributed by atoms with Gasteiger partial charge in [0.25, 0.3) is 0 Å². The number of carbonyl (C=O) groups is 1. The van der Waals surface area contributed by atoms with Crippen LogP contribution >= 0.6 is 11.6 Å². The Kier molecular flexibility index (Phi) is 6.75. The number of hydrogen-bond acceptors (Lipinski definition) is 8. The molecule has 1 atom stereocenters. The summed E-state index contributed by atoms with van der Waals surface area (Å²) < 4.78 is 6.19. The molecule has 1 aromatic carbocycles. The van der Waals surface area contributed by atoms with Crippen LogP contribution in [0.15, 0.2) is 67.9 Å². The number of likely N-dealkylation sites (tertiary alicyclic amines) is 1. The fourth-order valence-electron chi connectivity index (χ4n) is 4.08. The number of nitrogens with one attached hydrogen (secondary N) is 2. The van der Waals surface area contributed by atoms with Gasteiger partial charge >= 0.3 is 0 Å². The van der Waals surface area contributed by atoms with Crippen LogP contribution in [0.1, 0.15) is 6.42 Å². The van der Waals surface area contributed by atoms with Crippen molar-refractivity contribution in [3.63, 3.8) is 0 Å². The minimum absolute atomic E-state index is 0.0602. The van der Waals surface area contributed by atoms with E-state index in [1.807, 2.05) is 18.2 Å². The van der Waals surface area contributed by atoms with Gasteiger partial charge in [-0.1, -0.05) is 18.2 Å². The number of ether oxygens (including phenoxy) is 1. The summed E-state index contributed by atoms with van der Waals surface area (Å²) in [6.07, 6.45) is 10.6. The second kappa shape index (κ2) is 10.3. The zero-order valence-corrected chi connectivity index (χ0v) is 20.4. The number of carbonyl (C=O) groups excluding carboxylic acids is 1. The van der Waals surface area contributed by atoms with Crippen LogP contribution in [0.3, 0.4) is 0 Å². The van der Waals surface area contributed by atoms with E-state index in [2.05, 4.69) is 44.1 Å². The van der Waals surface area contributed by atoms with Crippen molar-refractivity contribution < 1.29 is 9.53 Å². The summed E-state index contributed by atoms with van der Waals surface area (Å²) in [4.78, 5) is 31.9. The summed E-state index contributed by atoms with van der Waals surface area (Å²) in [5, 5.41) is 7.36. The number of benzene rings is 1. The average Bonchev–Trinajstić information content (AvgIpc) is 3.29. The number of rotatable bonds is 7. The van der Waals surface area contributed by atoms with E-state index in [0.29, 0.717) is 33.6 Å². The predicted octanol–water partition coefficient (Wildman–Crippen LogP) is 4.69. The molecule has 182 valence electrons. The second-order valence-corrected chi connectivity index (χ2v) is 8.97. The highest BCUT2D eigenvalue weighted by Crippen LogP contribution is 2.32. The molecule has 36 heavy (non-hydrogen) atoms. The lowest BCUT2D eigenvalue weighted by atomic mass is 10.1. The highest BCUT2D eigenvalue weighted by Gasteiger charge is 2.22. The molecule has 4 heterocycles. The Hall–Kier alpha value is -4.08. The Morgan fingerprint density at radius 2 is 2.06 bits per heavy atom. The monoisotopic (exact) mass is 501 g/mol. The van der Waals surface area contributed by atoms with Crippen molar-refractivity contribution in [2.45, 2.75) is 12.5 Å². The molecule has 3 aromatic heterocycles. The van der Waals surface area contributed by atoms with E-state index in [1.165, 1.54) is 6.08 Å². The lowest BCUT2D eigenvalue weighted by molar-refractivity contribution is -0.111. The normalized spacial score (nSPS) is 15.6. The van der Waals surface area contributed by atoms with Crippen molar-refractivity contribution in [3.05, 3.63) is 72.9 Å². The highest BCUT2D eigenvalue weighted by atomic mass is 35.5. The lowest BCUT2D eigenvalue weighted by Gasteiger charge is -2.18. The largest absolute Gasteiger partial charge is 0.487 e. The molecule has 4 aromatic rings. The molecule has 1 aliphatic heterocycles. The molecule has 10 heteroatoms. The molecule has 0 spiro atoms. The molecule has 1 saturated heterocycles. The number of anilines is 3. The molecule has 0 bridgehead atoms. The summed E-state index contributed by atoms with van der Waals surface area (Å²) in [7, 11) is 2.06. The number of aromatic nitrogens is 4. The van der Waals surface area contributed by atoms with Crippen LogP contribution in [0.2, 0.25) is 5.02 Å². The standard InChI is InChI=1S/C26H24ClN7O2/c1-3-24(35)32-22-9-19(4-5-23(22)36-20-6-7-34(2)15-20)31-26-30-12-17-11-29-14-21(25(17)33-26)16-8-18(27)13-28-10-16/h3-5,8-14,20H,1,6-7,15H2,2H3,(H,32,35)(H,30,31,33). The molecule has 1 unspecified atom stereocenters. The van der Waals surface area contributed by atoms with Crippen molar-refractivity contribution in [2.75, 3.05) is 30.8 Å². The molecular formula is C26H24ClN7O2. The van der Waals surface area contributed by atoms with Gasteiger partial charge in [-0.25, -0.2) is 9.97 Å². The highest BCUT2D eigenvalue weighted by molar-refractivity contribution is 6.30. The first-order valence-electron chi connectivity index (χ1n) is 11.4. The number of pyridine rings is 2. The van der Waals surface area contributed by atoms with Gasteiger partial charge in [-0.05, 0) is 43.8 Å². The van der Waals surface area contributed by atoms with Gasteiger partial charge in [0.05, 0.1) is 16.2 Å². The van der Waals surface area contributed by atoms with Gasteiger partial charge in [-0.3, -0.25) is 14.8 Å². The van der Waals surface area contributed by atoms with Crippen molar-refractivity contribution in [3.8, 4) is 16.9 Å². The van der Waals surface area contributed by atoms with Crippen LogP contribution in [0, 0.1) is 0 Å².